The van der Waals surface area contributed by atoms with Crippen molar-refractivity contribution in [2.75, 3.05) is 5.32 Å². The number of carbonyl (C=O) groups is 1. The molecule has 1 atom stereocenters. The molecule has 1 aliphatic heterocycles. The van der Waals surface area contributed by atoms with Crippen LogP contribution in [-0.4, -0.2) is 11.9 Å². The van der Waals surface area contributed by atoms with E-state index in [2.05, 4.69) is 37.5 Å². The molecule has 1 aromatic rings. The second kappa shape index (κ2) is 4.88. The van der Waals surface area contributed by atoms with Crippen LogP contribution in [0, 0.1) is 6.92 Å². The van der Waals surface area contributed by atoms with Crippen LogP contribution in [0.2, 0.25) is 0 Å². The Morgan fingerprint density at radius 1 is 1.35 bits per heavy atom. The largest absolute Gasteiger partial charge is 0.324 e. The molecule has 1 unspecified atom stereocenters. The van der Waals surface area contributed by atoms with Crippen molar-refractivity contribution >= 4 is 11.6 Å². The first-order valence-electron chi connectivity index (χ1n) is 6.33. The Labute approximate surface area is 103 Å². The van der Waals surface area contributed by atoms with Crippen LogP contribution in [0.15, 0.2) is 18.2 Å². The summed E-state index contributed by atoms with van der Waals surface area (Å²) in [6.07, 6.45) is 2.09. The smallest absolute Gasteiger partial charge is 0.246 e. The molecule has 2 N–H and O–H groups in total. The lowest BCUT2D eigenvalue weighted by molar-refractivity contribution is -0.117. The molecule has 92 valence electrons. The zero-order valence-corrected chi connectivity index (χ0v) is 10.7. The number of aryl methyl sites for hydroxylation is 1. The van der Waals surface area contributed by atoms with Crippen LogP contribution >= 0.6 is 0 Å². The van der Waals surface area contributed by atoms with Crippen LogP contribution < -0.4 is 10.6 Å². The number of fused-ring (bicyclic) bond motifs is 1. The summed E-state index contributed by atoms with van der Waals surface area (Å²) in [5.41, 5.74) is 3.22. The molecule has 0 bridgehead atoms. The topological polar surface area (TPSA) is 41.1 Å². The lowest BCUT2D eigenvalue weighted by Gasteiger charge is -2.19. The van der Waals surface area contributed by atoms with Crippen molar-refractivity contribution in [1.29, 1.82) is 0 Å². The molecule has 3 nitrogen and oxygen atoms in total. The summed E-state index contributed by atoms with van der Waals surface area (Å²) in [5, 5.41) is 6.36. The maximum Gasteiger partial charge on any atom is 0.246 e. The number of nitrogens with one attached hydrogen (secondary N) is 2. The SMILES string of the molecule is CCC(CC)NC1C(=O)Nc2ccc(C)cc21. The number of rotatable bonds is 4. The van der Waals surface area contributed by atoms with Crippen molar-refractivity contribution in [2.45, 2.75) is 45.7 Å². The van der Waals surface area contributed by atoms with Gasteiger partial charge in [0.2, 0.25) is 5.91 Å². The fourth-order valence-electron chi connectivity index (χ4n) is 2.31. The summed E-state index contributed by atoms with van der Waals surface area (Å²) in [6, 6.07) is 6.32. The zero-order chi connectivity index (χ0) is 12.4. The minimum Gasteiger partial charge on any atom is -0.324 e. The van der Waals surface area contributed by atoms with Gasteiger partial charge < -0.3 is 5.32 Å². The summed E-state index contributed by atoms with van der Waals surface area (Å²) >= 11 is 0. The Balaban J connectivity index is 2.24. The molecule has 0 fully saturated rings. The van der Waals surface area contributed by atoms with Crippen LogP contribution in [-0.2, 0) is 4.79 Å². The van der Waals surface area contributed by atoms with E-state index in [1.165, 1.54) is 5.56 Å². The third-order valence-corrected chi connectivity index (χ3v) is 3.43. The summed E-state index contributed by atoms with van der Waals surface area (Å²) in [6.45, 7) is 6.34. The van der Waals surface area contributed by atoms with Gasteiger partial charge in [-0.15, -0.1) is 0 Å². The van der Waals surface area contributed by atoms with Gasteiger partial charge in [0.15, 0.2) is 0 Å². The molecule has 2 rings (SSSR count). The van der Waals surface area contributed by atoms with Gasteiger partial charge in [0, 0.05) is 17.3 Å². The molecule has 1 amide bonds. The van der Waals surface area contributed by atoms with Gasteiger partial charge in [-0.25, -0.2) is 0 Å². The summed E-state index contributed by atoms with van der Waals surface area (Å²) in [5.74, 6) is 0.0671. The van der Waals surface area contributed by atoms with Crippen molar-refractivity contribution in [2.24, 2.45) is 0 Å². The third-order valence-electron chi connectivity index (χ3n) is 3.43. The highest BCUT2D eigenvalue weighted by molar-refractivity contribution is 6.02. The number of anilines is 1. The van der Waals surface area contributed by atoms with Crippen LogP contribution in [0.4, 0.5) is 5.69 Å². The van der Waals surface area contributed by atoms with Crippen molar-refractivity contribution < 1.29 is 4.79 Å². The Morgan fingerprint density at radius 2 is 2.06 bits per heavy atom. The maximum absolute atomic E-state index is 11.9. The van der Waals surface area contributed by atoms with E-state index >= 15 is 0 Å². The van der Waals surface area contributed by atoms with Gasteiger partial charge in [0.05, 0.1) is 0 Å². The van der Waals surface area contributed by atoms with Gasteiger partial charge in [-0.2, -0.15) is 0 Å². The number of hydrogen-bond acceptors (Lipinski definition) is 2. The average Bonchev–Trinajstić information content (AvgIpc) is 2.62. The van der Waals surface area contributed by atoms with E-state index in [4.69, 9.17) is 0 Å². The fourth-order valence-corrected chi connectivity index (χ4v) is 2.31. The summed E-state index contributed by atoms with van der Waals surface area (Å²) in [7, 11) is 0. The van der Waals surface area contributed by atoms with Crippen LogP contribution in [0.5, 0.6) is 0 Å². The third kappa shape index (κ3) is 2.34. The van der Waals surface area contributed by atoms with Gasteiger partial charge in [0.1, 0.15) is 6.04 Å². The van der Waals surface area contributed by atoms with Crippen LogP contribution in [0.1, 0.15) is 43.9 Å². The highest BCUT2D eigenvalue weighted by Gasteiger charge is 2.31. The summed E-state index contributed by atoms with van der Waals surface area (Å²) in [4.78, 5) is 11.9. The van der Waals surface area contributed by atoms with Gasteiger partial charge in [0.25, 0.3) is 0 Å². The van der Waals surface area contributed by atoms with E-state index in [-0.39, 0.29) is 11.9 Å². The number of benzene rings is 1. The monoisotopic (exact) mass is 232 g/mol. The van der Waals surface area contributed by atoms with Crippen molar-refractivity contribution in [1.82, 2.24) is 5.32 Å². The molecule has 0 saturated heterocycles. The predicted octanol–water partition coefficient (Wildman–Crippen LogP) is 2.77. The number of amides is 1. The van der Waals surface area contributed by atoms with Gasteiger partial charge in [-0.1, -0.05) is 31.5 Å². The van der Waals surface area contributed by atoms with E-state index in [0.717, 1.165) is 24.1 Å². The molecule has 3 heteroatoms. The molecule has 0 spiro atoms. The first kappa shape index (κ1) is 12.1. The maximum atomic E-state index is 11.9. The minimum absolute atomic E-state index is 0.0671. The highest BCUT2D eigenvalue weighted by atomic mass is 16.2. The molecule has 17 heavy (non-hydrogen) atoms. The van der Waals surface area contributed by atoms with E-state index < -0.39 is 0 Å². The van der Waals surface area contributed by atoms with E-state index in [1.54, 1.807) is 0 Å². The second-order valence-corrected chi connectivity index (χ2v) is 4.69. The molecule has 1 aromatic carbocycles. The second-order valence-electron chi connectivity index (χ2n) is 4.69. The molecule has 0 radical (unpaired) electrons. The number of carbonyl (C=O) groups excluding carboxylic acids is 1. The van der Waals surface area contributed by atoms with Crippen molar-refractivity contribution in [3.8, 4) is 0 Å². The highest BCUT2D eigenvalue weighted by Crippen LogP contribution is 2.32. The van der Waals surface area contributed by atoms with Gasteiger partial charge in [-0.3, -0.25) is 10.1 Å². The predicted molar refractivity (Wildman–Crippen MR) is 70.1 cm³/mol. The Morgan fingerprint density at radius 3 is 2.71 bits per heavy atom. The molecule has 0 saturated carbocycles. The van der Waals surface area contributed by atoms with Crippen LogP contribution in [0.25, 0.3) is 0 Å². The lowest BCUT2D eigenvalue weighted by atomic mass is 10.0. The molecular weight excluding hydrogens is 212 g/mol. The first-order chi connectivity index (χ1) is 8.15. The summed E-state index contributed by atoms with van der Waals surface area (Å²) < 4.78 is 0. The Kier molecular flexibility index (Phi) is 3.48. The fraction of sp³-hybridized carbons (Fsp3) is 0.500. The van der Waals surface area contributed by atoms with Gasteiger partial charge in [-0.05, 0) is 25.8 Å². The van der Waals surface area contributed by atoms with Gasteiger partial charge >= 0.3 is 0 Å². The Hall–Kier alpha value is -1.35. The molecule has 1 aliphatic rings. The quantitative estimate of drug-likeness (QED) is 0.838. The van der Waals surface area contributed by atoms with E-state index in [1.807, 2.05) is 12.1 Å². The Bertz CT molecular complexity index is 424. The standard InChI is InChI=1S/C14H20N2O/c1-4-10(5-2)15-13-11-8-9(3)6-7-12(11)16-14(13)17/h6-8,10,13,15H,4-5H2,1-3H3,(H,16,17). The van der Waals surface area contributed by atoms with Crippen LogP contribution in [0.3, 0.4) is 0 Å². The van der Waals surface area contributed by atoms with Crippen molar-refractivity contribution in [3.05, 3.63) is 29.3 Å². The number of hydrogen-bond donors (Lipinski definition) is 2. The normalized spacial score (nSPS) is 18.4. The molecule has 0 aliphatic carbocycles. The van der Waals surface area contributed by atoms with Crippen molar-refractivity contribution in [3.63, 3.8) is 0 Å². The average molecular weight is 232 g/mol. The molecule has 0 aromatic heterocycles. The lowest BCUT2D eigenvalue weighted by Crippen LogP contribution is -2.35. The zero-order valence-electron chi connectivity index (χ0n) is 10.7. The van der Waals surface area contributed by atoms with E-state index in [9.17, 15) is 4.79 Å². The first-order valence-corrected chi connectivity index (χ1v) is 6.33. The molecular formula is C14H20N2O. The molecule has 1 heterocycles. The minimum atomic E-state index is -0.185. The van der Waals surface area contributed by atoms with E-state index in [0.29, 0.717) is 6.04 Å².